The lowest BCUT2D eigenvalue weighted by molar-refractivity contribution is -0.273. The Kier molecular flexibility index (Phi) is 8.23. The number of rotatable bonds is 4. The Morgan fingerprint density at radius 1 is 0.977 bits per heavy atom. The number of fused-ring (bicyclic) bond motifs is 7. The van der Waals surface area contributed by atoms with E-state index in [0.717, 1.165) is 68.4 Å². The Bertz CT molecular complexity index is 1280. The molecule has 2 heterocycles. The van der Waals surface area contributed by atoms with Crippen LogP contribution in [0.4, 0.5) is 0 Å². The number of ether oxygens (including phenoxy) is 3. The van der Waals surface area contributed by atoms with Crippen LogP contribution in [-0.4, -0.2) is 30.6 Å². The number of hydrogen-bond acceptors (Lipinski definition) is 4. The summed E-state index contributed by atoms with van der Waals surface area (Å²) in [5.41, 5.74) is 2.14. The largest absolute Gasteiger partial charge is 0.459 e. The van der Waals surface area contributed by atoms with Crippen molar-refractivity contribution in [2.24, 2.45) is 52.3 Å². The minimum absolute atomic E-state index is 0.0153. The van der Waals surface area contributed by atoms with Crippen molar-refractivity contribution in [2.45, 2.75) is 136 Å². The quantitative estimate of drug-likeness (QED) is 0.196. The van der Waals surface area contributed by atoms with E-state index in [0.29, 0.717) is 46.2 Å². The third-order valence-corrected chi connectivity index (χ3v) is 14.2. The van der Waals surface area contributed by atoms with Gasteiger partial charge in [0.15, 0.2) is 5.79 Å². The van der Waals surface area contributed by atoms with Gasteiger partial charge >= 0.3 is 5.97 Å². The van der Waals surface area contributed by atoms with Crippen molar-refractivity contribution in [3.8, 4) is 11.8 Å². The summed E-state index contributed by atoms with van der Waals surface area (Å²) in [6.07, 6.45) is 15.4. The molecule has 4 saturated carbocycles. The molecule has 2 saturated heterocycles. The third-order valence-electron chi connectivity index (χ3n) is 14.2. The van der Waals surface area contributed by atoms with Crippen LogP contribution in [-0.2, 0) is 14.2 Å². The second kappa shape index (κ2) is 11.8. The van der Waals surface area contributed by atoms with Gasteiger partial charge in [-0.3, -0.25) is 0 Å². The van der Waals surface area contributed by atoms with Crippen LogP contribution >= 0.6 is 0 Å². The number of unbranched alkanes of at least 4 members (excludes halogenated alkanes) is 2. The van der Waals surface area contributed by atoms with Crippen molar-refractivity contribution in [2.75, 3.05) is 6.61 Å². The van der Waals surface area contributed by atoms with Gasteiger partial charge in [-0.25, -0.2) is 4.79 Å². The fourth-order valence-corrected chi connectivity index (χ4v) is 11.8. The molecular weight excluding hydrogens is 544 g/mol. The lowest BCUT2D eigenvalue weighted by Crippen LogP contribution is -2.55. The molecule has 0 amide bonds. The van der Waals surface area contributed by atoms with Crippen LogP contribution in [0.2, 0.25) is 0 Å². The number of carbonyl (C=O) groups excluding carboxylic acids is 1. The van der Waals surface area contributed by atoms with Gasteiger partial charge in [0.05, 0.1) is 18.3 Å². The highest BCUT2D eigenvalue weighted by Crippen LogP contribution is 2.71. The molecule has 44 heavy (non-hydrogen) atoms. The molecule has 6 fully saturated rings. The van der Waals surface area contributed by atoms with Crippen LogP contribution in [0.3, 0.4) is 0 Å². The molecule has 1 spiro atoms. The van der Waals surface area contributed by atoms with Crippen LogP contribution in [0.1, 0.15) is 134 Å². The van der Waals surface area contributed by atoms with E-state index >= 15 is 0 Å². The molecule has 240 valence electrons. The van der Waals surface area contributed by atoms with E-state index < -0.39 is 0 Å². The summed E-state index contributed by atoms with van der Waals surface area (Å²) in [5.74, 6) is 10.7. The predicted octanol–water partition coefficient (Wildman–Crippen LogP) is 9.20. The van der Waals surface area contributed by atoms with Gasteiger partial charge in [0, 0.05) is 24.3 Å². The molecule has 0 aromatic heterocycles. The number of benzene rings is 1. The maximum atomic E-state index is 13.4. The van der Waals surface area contributed by atoms with Crippen molar-refractivity contribution >= 4 is 5.97 Å². The minimum atomic E-state index is -0.325. The Labute approximate surface area is 266 Å². The smallest absolute Gasteiger partial charge is 0.339 e. The van der Waals surface area contributed by atoms with Crippen LogP contribution in [0.5, 0.6) is 0 Å². The standard InChI is InChI=1S/C40H56O4/c1-6-7-8-9-12-28-13-10-11-14-31(28)37(41)43-30-18-20-38(4)29(23-30)15-16-32-33(38)19-21-39(5)34(32)24-35-36(39)27(3)40(44-35)22-17-26(2)25-42-40/h10-11,13-14,26-27,29-30,32-36H,6-8,15-25H2,1-5H3/t26-,27+,29?,30+,32-,33+,34+,35+,36+,38+,39+,40-/m1/s1. The van der Waals surface area contributed by atoms with E-state index in [9.17, 15) is 4.79 Å². The Morgan fingerprint density at radius 2 is 1.80 bits per heavy atom. The average Bonchev–Trinajstić information content (AvgIpc) is 3.46. The number of esters is 1. The molecule has 0 N–H and O–H groups in total. The first kappa shape index (κ1) is 30.8. The van der Waals surface area contributed by atoms with Crippen LogP contribution in [0, 0.1) is 64.1 Å². The van der Waals surface area contributed by atoms with Gasteiger partial charge < -0.3 is 14.2 Å². The van der Waals surface area contributed by atoms with E-state index in [1.54, 1.807) is 0 Å². The maximum absolute atomic E-state index is 13.4. The van der Waals surface area contributed by atoms with Crippen LogP contribution in [0.15, 0.2) is 24.3 Å². The zero-order valence-corrected chi connectivity index (χ0v) is 28.0. The van der Waals surface area contributed by atoms with E-state index in [1.807, 2.05) is 24.3 Å². The third kappa shape index (κ3) is 4.99. The van der Waals surface area contributed by atoms with E-state index in [1.165, 1.54) is 44.9 Å². The highest BCUT2D eigenvalue weighted by Gasteiger charge is 2.69. The molecule has 6 aliphatic rings. The van der Waals surface area contributed by atoms with Crippen molar-refractivity contribution < 1.29 is 19.0 Å². The zero-order chi connectivity index (χ0) is 30.7. The molecule has 1 aromatic rings. The van der Waals surface area contributed by atoms with Crippen molar-refractivity contribution in [1.29, 1.82) is 0 Å². The van der Waals surface area contributed by atoms with Gasteiger partial charge in [-0.05, 0) is 123 Å². The van der Waals surface area contributed by atoms with Crippen molar-refractivity contribution in [3.63, 3.8) is 0 Å². The number of carbonyl (C=O) groups is 1. The second-order valence-corrected chi connectivity index (χ2v) is 16.4. The van der Waals surface area contributed by atoms with Crippen LogP contribution < -0.4 is 0 Å². The van der Waals surface area contributed by atoms with Gasteiger partial charge in [0.2, 0.25) is 0 Å². The molecule has 0 radical (unpaired) electrons. The summed E-state index contributed by atoms with van der Waals surface area (Å²) in [6, 6.07) is 7.73. The van der Waals surface area contributed by atoms with Gasteiger partial charge in [-0.1, -0.05) is 65.0 Å². The van der Waals surface area contributed by atoms with Crippen molar-refractivity contribution in [3.05, 3.63) is 35.4 Å². The molecular formula is C40H56O4. The van der Waals surface area contributed by atoms with Gasteiger partial charge in [0.25, 0.3) is 0 Å². The van der Waals surface area contributed by atoms with E-state index in [4.69, 9.17) is 14.2 Å². The molecule has 4 aliphatic carbocycles. The lowest BCUT2D eigenvalue weighted by atomic mass is 9.44. The summed E-state index contributed by atoms with van der Waals surface area (Å²) in [7, 11) is 0. The zero-order valence-electron chi connectivity index (χ0n) is 28.0. The first-order valence-electron chi connectivity index (χ1n) is 18.3. The minimum Gasteiger partial charge on any atom is -0.459 e. The molecule has 4 heteroatoms. The summed E-state index contributed by atoms with van der Waals surface area (Å²) >= 11 is 0. The molecule has 2 aliphatic heterocycles. The first-order chi connectivity index (χ1) is 21.2. The second-order valence-electron chi connectivity index (χ2n) is 16.4. The topological polar surface area (TPSA) is 44.8 Å². The number of hydrogen-bond donors (Lipinski definition) is 0. The van der Waals surface area contributed by atoms with Gasteiger partial charge in [0.1, 0.15) is 6.10 Å². The summed E-state index contributed by atoms with van der Waals surface area (Å²) in [6.45, 7) is 13.0. The highest BCUT2D eigenvalue weighted by molar-refractivity contribution is 5.92. The fraction of sp³-hybridized carbons (Fsp3) is 0.775. The summed E-state index contributed by atoms with van der Waals surface area (Å²) < 4.78 is 19.8. The molecule has 1 unspecified atom stereocenters. The summed E-state index contributed by atoms with van der Waals surface area (Å²) in [5, 5.41) is 0. The average molecular weight is 601 g/mol. The first-order valence-corrected chi connectivity index (χ1v) is 18.3. The van der Waals surface area contributed by atoms with Crippen molar-refractivity contribution in [1.82, 2.24) is 0 Å². The Balaban J connectivity index is 1.01. The molecule has 0 bridgehead atoms. The van der Waals surface area contributed by atoms with Gasteiger partial charge in [-0.15, -0.1) is 0 Å². The SMILES string of the molecule is CCCCC#Cc1ccccc1C(=O)O[C@H]1CC[C@@]2(C)C(CC[C@H]3[C@@H]4C[C@@H]5O[C@]6(CC[C@@H](C)CO6)[C@@H](C)[C@@H]5[C@@]4(C)CC[C@@H]32)C1. The Hall–Kier alpha value is -1.83. The predicted molar refractivity (Wildman–Crippen MR) is 174 cm³/mol. The van der Waals surface area contributed by atoms with Crippen LogP contribution in [0.25, 0.3) is 0 Å². The maximum Gasteiger partial charge on any atom is 0.339 e. The molecule has 4 nitrogen and oxygen atoms in total. The monoisotopic (exact) mass is 600 g/mol. The highest BCUT2D eigenvalue weighted by atomic mass is 16.7. The fourth-order valence-electron chi connectivity index (χ4n) is 11.8. The molecule has 1 aromatic carbocycles. The Morgan fingerprint density at radius 3 is 2.59 bits per heavy atom. The summed E-state index contributed by atoms with van der Waals surface area (Å²) in [4.78, 5) is 13.4. The molecule has 12 atom stereocenters. The molecule has 7 rings (SSSR count). The lowest BCUT2D eigenvalue weighted by Gasteiger charge is -2.61. The van der Waals surface area contributed by atoms with E-state index in [2.05, 4.69) is 46.5 Å². The normalized spacial score (nSPS) is 45.8. The van der Waals surface area contributed by atoms with Gasteiger partial charge in [-0.2, -0.15) is 0 Å². The van der Waals surface area contributed by atoms with E-state index in [-0.39, 0.29) is 17.9 Å².